The number of methoxy groups -OCH3 is 1. The molecule has 0 radical (unpaired) electrons. The second-order valence-electron chi connectivity index (χ2n) is 5.57. The number of aromatic nitrogens is 3. The Labute approximate surface area is 123 Å². The molecule has 1 atom stereocenters. The van der Waals surface area contributed by atoms with E-state index in [-0.39, 0.29) is 5.78 Å². The molecular weight excluding hydrogens is 266 g/mol. The first kappa shape index (κ1) is 13.7. The summed E-state index contributed by atoms with van der Waals surface area (Å²) >= 11 is 0. The van der Waals surface area contributed by atoms with Gasteiger partial charge in [0.05, 0.1) is 23.9 Å². The molecule has 0 aliphatic heterocycles. The topological polar surface area (TPSA) is 65.0 Å². The Morgan fingerprint density at radius 2 is 2.05 bits per heavy atom. The molecule has 0 saturated carbocycles. The van der Waals surface area contributed by atoms with Crippen LogP contribution in [-0.2, 0) is 11.8 Å². The minimum absolute atomic E-state index is 0.0776. The van der Waals surface area contributed by atoms with Crippen molar-refractivity contribution in [1.82, 2.24) is 15.2 Å². The van der Waals surface area contributed by atoms with Crippen LogP contribution in [0.4, 0.5) is 0 Å². The van der Waals surface area contributed by atoms with Crippen LogP contribution in [0.3, 0.4) is 0 Å². The Morgan fingerprint density at radius 3 is 2.71 bits per heavy atom. The van der Waals surface area contributed by atoms with Gasteiger partial charge in [0.1, 0.15) is 0 Å². The van der Waals surface area contributed by atoms with Crippen molar-refractivity contribution >= 4 is 5.78 Å². The minimum Gasteiger partial charge on any atom is -0.480 e. The standard InChI is InChI=1S/C16H17N3O2/c1-10-7-9-17-11-6-8-16(2,15(20)14(10)11)12-4-5-13(21-3)19-18-12/h4-5,7,9H,6,8H2,1-3H3. The zero-order chi connectivity index (χ0) is 15.0. The molecule has 1 aliphatic carbocycles. The summed E-state index contributed by atoms with van der Waals surface area (Å²) in [5.74, 6) is 0.526. The van der Waals surface area contributed by atoms with Crippen LogP contribution in [0.25, 0.3) is 0 Å². The lowest BCUT2D eigenvalue weighted by atomic mass is 9.70. The Kier molecular flexibility index (Phi) is 3.20. The molecular formula is C16H17N3O2. The Morgan fingerprint density at radius 1 is 1.24 bits per heavy atom. The normalized spacial score (nSPS) is 21.0. The largest absolute Gasteiger partial charge is 0.480 e. The third-order valence-electron chi connectivity index (χ3n) is 4.24. The molecule has 108 valence electrons. The number of ketones is 1. The summed E-state index contributed by atoms with van der Waals surface area (Å²) in [5.41, 5.74) is 2.63. The molecule has 21 heavy (non-hydrogen) atoms. The van der Waals surface area contributed by atoms with Crippen molar-refractivity contribution in [2.75, 3.05) is 7.11 Å². The highest BCUT2D eigenvalue weighted by Gasteiger charge is 2.42. The van der Waals surface area contributed by atoms with Gasteiger partial charge in [-0.15, -0.1) is 5.10 Å². The van der Waals surface area contributed by atoms with Gasteiger partial charge < -0.3 is 4.74 Å². The van der Waals surface area contributed by atoms with E-state index in [0.29, 0.717) is 18.0 Å². The van der Waals surface area contributed by atoms with Crippen LogP contribution in [-0.4, -0.2) is 28.1 Å². The molecule has 1 aliphatic rings. The summed E-state index contributed by atoms with van der Waals surface area (Å²) in [5, 5.41) is 8.17. The fourth-order valence-electron chi connectivity index (χ4n) is 2.84. The van der Waals surface area contributed by atoms with E-state index in [1.165, 1.54) is 0 Å². The predicted molar refractivity (Wildman–Crippen MR) is 77.6 cm³/mol. The van der Waals surface area contributed by atoms with Gasteiger partial charge in [0.2, 0.25) is 5.88 Å². The van der Waals surface area contributed by atoms with Gasteiger partial charge >= 0.3 is 0 Å². The van der Waals surface area contributed by atoms with Crippen molar-refractivity contribution in [2.45, 2.75) is 32.1 Å². The zero-order valence-corrected chi connectivity index (χ0v) is 12.4. The first-order valence-corrected chi connectivity index (χ1v) is 6.94. The monoisotopic (exact) mass is 283 g/mol. The highest BCUT2D eigenvalue weighted by molar-refractivity contribution is 6.06. The summed E-state index contributed by atoms with van der Waals surface area (Å²) < 4.78 is 5.02. The molecule has 0 spiro atoms. The van der Waals surface area contributed by atoms with Crippen molar-refractivity contribution in [1.29, 1.82) is 0 Å². The predicted octanol–water partition coefficient (Wildman–Crippen LogP) is 2.28. The third kappa shape index (κ3) is 2.09. The van der Waals surface area contributed by atoms with Crippen molar-refractivity contribution < 1.29 is 9.53 Å². The van der Waals surface area contributed by atoms with E-state index < -0.39 is 5.41 Å². The first-order valence-electron chi connectivity index (χ1n) is 6.94. The molecule has 0 amide bonds. The molecule has 0 saturated heterocycles. The zero-order valence-electron chi connectivity index (χ0n) is 12.4. The quantitative estimate of drug-likeness (QED) is 0.846. The van der Waals surface area contributed by atoms with Crippen LogP contribution in [0.15, 0.2) is 24.4 Å². The minimum atomic E-state index is -0.653. The van der Waals surface area contributed by atoms with Crippen molar-refractivity contribution in [3.63, 3.8) is 0 Å². The van der Waals surface area contributed by atoms with Gasteiger partial charge in [-0.2, -0.15) is 5.10 Å². The fourth-order valence-corrected chi connectivity index (χ4v) is 2.84. The number of ether oxygens (including phenoxy) is 1. The average molecular weight is 283 g/mol. The lowest BCUT2D eigenvalue weighted by molar-refractivity contribution is 0.0868. The smallest absolute Gasteiger partial charge is 0.233 e. The number of hydrogen-bond donors (Lipinski definition) is 0. The van der Waals surface area contributed by atoms with E-state index in [9.17, 15) is 4.79 Å². The molecule has 1 unspecified atom stereocenters. The van der Waals surface area contributed by atoms with Crippen LogP contribution in [0.5, 0.6) is 5.88 Å². The maximum absolute atomic E-state index is 13.0. The maximum Gasteiger partial charge on any atom is 0.233 e. The van der Waals surface area contributed by atoms with Gasteiger partial charge in [0.25, 0.3) is 0 Å². The molecule has 2 heterocycles. The summed E-state index contributed by atoms with van der Waals surface area (Å²) in [6.45, 7) is 3.88. The van der Waals surface area contributed by atoms with Crippen LogP contribution in [0.2, 0.25) is 0 Å². The number of pyridine rings is 1. The number of hydrogen-bond acceptors (Lipinski definition) is 5. The number of rotatable bonds is 2. The molecule has 2 aromatic rings. The van der Waals surface area contributed by atoms with Gasteiger partial charge in [-0.1, -0.05) is 0 Å². The van der Waals surface area contributed by atoms with Crippen molar-refractivity contribution in [3.05, 3.63) is 46.9 Å². The lowest BCUT2D eigenvalue weighted by Gasteiger charge is -2.32. The number of Topliss-reactive ketones (excluding diaryl/α,β-unsaturated/α-hetero) is 1. The lowest BCUT2D eigenvalue weighted by Crippen LogP contribution is -2.39. The highest BCUT2D eigenvalue weighted by atomic mass is 16.5. The van der Waals surface area contributed by atoms with Crippen LogP contribution < -0.4 is 4.74 Å². The Hall–Kier alpha value is -2.30. The number of fused-ring (bicyclic) bond motifs is 1. The van der Waals surface area contributed by atoms with Gasteiger partial charge in [0.15, 0.2) is 5.78 Å². The molecule has 2 aromatic heterocycles. The SMILES string of the molecule is COc1ccc(C2(C)CCc3nccc(C)c3C2=O)nn1. The van der Waals surface area contributed by atoms with E-state index in [1.54, 1.807) is 19.4 Å². The molecule has 5 nitrogen and oxygen atoms in total. The first-order chi connectivity index (χ1) is 10.1. The average Bonchev–Trinajstić information content (AvgIpc) is 2.51. The summed E-state index contributed by atoms with van der Waals surface area (Å²) in [7, 11) is 1.54. The van der Waals surface area contributed by atoms with E-state index >= 15 is 0 Å². The van der Waals surface area contributed by atoms with Gasteiger partial charge in [-0.25, -0.2) is 0 Å². The maximum atomic E-state index is 13.0. The second-order valence-corrected chi connectivity index (χ2v) is 5.57. The number of carbonyl (C=O) groups is 1. The Bertz CT molecular complexity index is 697. The van der Waals surface area contributed by atoms with Crippen molar-refractivity contribution in [3.8, 4) is 5.88 Å². The Balaban J connectivity index is 2.06. The fraction of sp³-hybridized carbons (Fsp3) is 0.375. The van der Waals surface area contributed by atoms with Crippen LogP contribution >= 0.6 is 0 Å². The van der Waals surface area contributed by atoms with Crippen LogP contribution in [0, 0.1) is 6.92 Å². The highest BCUT2D eigenvalue weighted by Crippen LogP contribution is 2.37. The molecule has 0 N–H and O–H groups in total. The van der Waals surface area contributed by atoms with E-state index in [1.807, 2.05) is 26.0 Å². The number of nitrogens with zero attached hydrogens (tertiary/aromatic N) is 3. The van der Waals surface area contributed by atoms with Gasteiger partial charge in [-0.05, 0) is 44.4 Å². The van der Waals surface area contributed by atoms with E-state index in [0.717, 1.165) is 23.2 Å². The molecule has 0 fully saturated rings. The van der Waals surface area contributed by atoms with E-state index in [4.69, 9.17) is 4.74 Å². The summed E-state index contributed by atoms with van der Waals surface area (Å²) in [6.07, 6.45) is 3.22. The van der Waals surface area contributed by atoms with Gasteiger partial charge in [-0.3, -0.25) is 9.78 Å². The number of carbonyl (C=O) groups excluding carboxylic acids is 1. The van der Waals surface area contributed by atoms with Gasteiger partial charge in [0, 0.05) is 17.8 Å². The molecule has 0 aromatic carbocycles. The third-order valence-corrected chi connectivity index (χ3v) is 4.24. The van der Waals surface area contributed by atoms with E-state index in [2.05, 4.69) is 15.2 Å². The molecule has 5 heteroatoms. The second kappa shape index (κ2) is 4.91. The van der Waals surface area contributed by atoms with Crippen molar-refractivity contribution in [2.24, 2.45) is 0 Å². The number of aryl methyl sites for hydroxylation is 2. The van der Waals surface area contributed by atoms with Crippen LogP contribution in [0.1, 0.15) is 40.7 Å². The summed E-state index contributed by atoms with van der Waals surface area (Å²) in [4.78, 5) is 17.3. The summed E-state index contributed by atoms with van der Waals surface area (Å²) in [6, 6.07) is 5.44. The molecule has 3 rings (SSSR count). The molecule has 0 bridgehead atoms.